The van der Waals surface area contributed by atoms with Gasteiger partial charge < -0.3 is 15.5 Å². The van der Waals surface area contributed by atoms with Gasteiger partial charge in [0.25, 0.3) is 0 Å². The molecule has 0 bridgehead atoms. The molecule has 0 rings (SSSR count). The average molecular weight is 243 g/mol. The van der Waals surface area contributed by atoms with Crippen molar-refractivity contribution in [1.82, 2.24) is 15.5 Å². The topological polar surface area (TPSA) is 61.4 Å². The summed E-state index contributed by atoms with van der Waals surface area (Å²) in [6, 6.07) is 0.129. The smallest absolute Gasteiger partial charge is 0.229 e. The van der Waals surface area contributed by atoms with Gasteiger partial charge in [-0.15, -0.1) is 0 Å². The van der Waals surface area contributed by atoms with E-state index in [1.54, 1.807) is 0 Å². The summed E-state index contributed by atoms with van der Waals surface area (Å²) < 4.78 is 0. The van der Waals surface area contributed by atoms with Crippen LogP contribution in [0.1, 0.15) is 33.1 Å². The summed E-state index contributed by atoms with van der Waals surface area (Å²) in [5, 5.41) is 5.49. The Morgan fingerprint density at radius 3 is 2.41 bits per heavy atom. The fraction of sp³-hybridized carbons (Fsp3) is 0.833. The maximum absolute atomic E-state index is 11.4. The second-order valence-corrected chi connectivity index (χ2v) is 4.56. The fourth-order valence-corrected chi connectivity index (χ4v) is 1.26. The van der Waals surface area contributed by atoms with E-state index in [0.29, 0.717) is 6.54 Å². The molecule has 0 aromatic rings. The molecule has 1 atom stereocenters. The first-order valence-electron chi connectivity index (χ1n) is 6.16. The lowest BCUT2D eigenvalue weighted by Crippen LogP contribution is -2.36. The quantitative estimate of drug-likeness (QED) is 0.478. The predicted octanol–water partition coefficient (Wildman–Crippen LogP) is 0.359. The minimum Gasteiger partial charge on any atom is -0.356 e. The lowest BCUT2D eigenvalue weighted by molar-refractivity contribution is -0.129. The summed E-state index contributed by atoms with van der Waals surface area (Å²) in [6.07, 6.45) is 1.69. The van der Waals surface area contributed by atoms with Gasteiger partial charge in [-0.05, 0) is 40.4 Å². The molecule has 0 spiro atoms. The lowest BCUT2D eigenvalue weighted by Gasteiger charge is -2.12. The Labute approximate surface area is 104 Å². The number of nitrogens with zero attached hydrogens (tertiary/aromatic N) is 1. The Balaban J connectivity index is 3.61. The van der Waals surface area contributed by atoms with Crippen LogP contribution in [-0.4, -0.2) is 49.9 Å². The second-order valence-electron chi connectivity index (χ2n) is 4.56. The van der Waals surface area contributed by atoms with Crippen LogP contribution in [0.3, 0.4) is 0 Å². The van der Waals surface area contributed by atoms with E-state index in [-0.39, 0.29) is 24.3 Å². The normalized spacial score (nSPS) is 12.3. The number of amides is 2. The molecular weight excluding hydrogens is 218 g/mol. The van der Waals surface area contributed by atoms with E-state index >= 15 is 0 Å². The number of rotatable bonds is 8. The zero-order valence-corrected chi connectivity index (χ0v) is 11.4. The first-order chi connectivity index (χ1) is 7.95. The van der Waals surface area contributed by atoms with Gasteiger partial charge in [-0.2, -0.15) is 0 Å². The van der Waals surface area contributed by atoms with E-state index in [1.807, 2.05) is 27.9 Å². The van der Waals surface area contributed by atoms with Gasteiger partial charge in [0.05, 0.1) is 0 Å². The summed E-state index contributed by atoms with van der Waals surface area (Å²) in [5.41, 5.74) is 0. The number of nitrogens with one attached hydrogen (secondary N) is 2. The van der Waals surface area contributed by atoms with Crippen LogP contribution in [0.2, 0.25) is 0 Å². The largest absolute Gasteiger partial charge is 0.356 e. The number of carbonyl (C=O) groups is 2. The zero-order chi connectivity index (χ0) is 13.3. The molecule has 100 valence electrons. The van der Waals surface area contributed by atoms with Crippen LogP contribution in [0.5, 0.6) is 0 Å². The number of hydrogen-bond donors (Lipinski definition) is 2. The van der Waals surface area contributed by atoms with Gasteiger partial charge >= 0.3 is 0 Å². The lowest BCUT2D eigenvalue weighted by atomic mass is 10.2. The minimum absolute atomic E-state index is 0.0771. The Morgan fingerprint density at radius 2 is 1.88 bits per heavy atom. The van der Waals surface area contributed by atoms with Crippen LogP contribution in [0.15, 0.2) is 0 Å². The molecule has 17 heavy (non-hydrogen) atoms. The predicted molar refractivity (Wildman–Crippen MR) is 68.7 cm³/mol. The van der Waals surface area contributed by atoms with E-state index in [2.05, 4.69) is 15.5 Å². The molecule has 2 amide bonds. The summed E-state index contributed by atoms with van der Waals surface area (Å²) in [6.45, 7) is 5.46. The van der Waals surface area contributed by atoms with Crippen molar-refractivity contribution < 1.29 is 9.59 Å². The van der Waals surface area contributed by atoms with Crippen LogP contribution >= 0.6 is 0 Å². The summed E-state index contributed by atoms with van der Waals surface area (Å²) >= 11 is 0. The number of carbonyl (C=O) groups excluding carboxylic acids is 2. The Morgan fingerprint density at radius 1 is 1.24 bits per heavy atom. The monoisotopic (exact) mass is 243 g/mol. The molecule has 0 heterocycles. The SMILES string of the molecule is CCC(C)NC(=O)CC(=O)NCCCN(C)C. The zero-order valence-electron chi connectivity index (χ0n) is 11.4. The van der Waals surface area contributed by atoms with Crippen LogP contribution in [0.4, 0.5) is 0 Å². The summed E-state index contributed by atoms with van der Waals surface area (Å²) in [5.74, 6) is -0.408. The molecule has 0 radical (unpaired) electrons. The average Bonchev–Trinajstić information content (AvgIpc) is 2.23. The second kappa shape index (κ2) is 8.98. The van der Waals surface area contributed by atoms with Crippen molar-refractivity contribution in [2.45, 2.75) is 39.2 Å². The standard InChI is InChI=1S/C12H25N3O2/c1-5-10(2)14-12(17)9-11(16)13-7-6-8-15(3)4/h10H,5-9H2,1-4H3,(H,13,16)(H,14,17). The summed E-state index contributed by atoms with van der Waals surface area (Å²) in [7, 11) is 3.98. The maximum atomic E-state index is 11.4. The highest BCUT2D eigenvalue weighted by atomic mass is 16.2. The van der Waals surface area contributed by atoms with Crippen molar-refractivity contribution in [2.75, 3.05) is 27.2 Å². The van der Waals surface area contributed by atoms with E-state index < -0.39 is 0 Å². The molecule has 0 aliphatic heterocycles. The van der Waals surface area contributed by atoms with Crippen molar-refractivity contribution in [3.63, 3.8) is 0 Å². The molecule has 5 heteroatoms. The Hall–Kier alpha value is -1.10. The van der Waals surface area contributed by atoms with Gasteiger partial charge in [-0.25, -0.2) is 0 Å². The Kier molecular flexibility index (Phi) is 8.40. The van der Waals surface area contributed by atoms with E-state index in [1.165, 1.54) is 0 Å². The van der Waals surface area contributed by atoms with Gasteiger partial charge in [0.1, 0.15) is 6.42 Å². The van der Waals surface area contributed by atoms with Gasteiger partial charge in [0.2, 0.25) is 11.8 Å². The van der Waals surface area contributed by atoms with Crippen LogP contribution in [-0.2, 0) is 9.59 Å². The van der Waals surface area contributed by atoms with Crippen LogP contribution in [0, 0.1) is 0 Å². The third-order valence-electron chi connectivity index (χ3n) is 2.45. The van der Waals surface area contributed by atoms with Crippen molar-refractivity contribution in [3.05, 3.63) is 0 Å². The molecule has 5 nitrogen and oxygen atoms in total. The van der Waals surface area contributed by atoms with Gasteiger partial charge in [0, 0.05) is 12.6 Å². The molecule has 0 aromatic heterocycles. The summed E-state index contributed by atoms with van der Waals surface area (Å²) in [4.78, 5) is 24.8. The Bertz CT molecular complexity index is 242. The highest BCUT2D eigenvalue weighted by Crippen LogP contribution is 1.90. The maximum Gasteiger partial charge on any atom is 0.229 e. The van der Waals surface area contributed by atoms with Crippen molar-refractivity contribution >= 4 is 11.8 Å². The first kappa shape index (κ1) is 15.9. The molecule has 1 unspecified atom stereocenters. The molecule has 0 aliphatic carbocycles. The van der Waals surface area contributed by atoms with Gasteiger partial charge in [-0.1, -0.05) is 6.92 Å². The fourth-order valence-electron chi connectivity index (χ4n) is 1.26. The van der Waals surface area contributed by atoms with E-state index in [4.69, 9.17) is 0 Å². The molecule has 2 N–H and O–H groups in total. The minimum atomic E-state index is -0.204. The molecule has 0 fully saturated rings. The molecule has 0 saturated heterocycles. The van der Waals surface area contributed by atoms with E-state index in [9.17, 15) is 9.59 Å². The molecule has 0 aliphatic rings. The van der Waals surface area contributed by atoms with E-state index in [0.717, 1.165) is 19.4 Å². The highest BCUT2D eigenvalue weighted by Gasteiger charge is 2.10. The first-order valence-corrected chi connectivity index (χ1v) is 6.16. The van der Waals surface area contributed by atoms with Gasteiger partial charge in [-0.3, -0.25) is 9.59 Å². The molecule has 0 saturated carbocycles. The van der Waals surface area contributed by atoms with Crippen LogP contribution < -0.4 is 10.6 Å². The van der Waals surface area contributed by atoms with Crippen molar-refractivity contribution in [2.24, 2.45) is 0 Å². The number of hydrogen-bond acceptors (Lipinski definition) is 3. The molecule has 0 aromatic carbocycles. The highest BCUT2D eigenvalue weighted by molar-refractivity contribution is 5.96. The van der Waals surface area contributed by atoms with Crippen LogP contribution in [0.25, 0.3) is 0 Å². The third-order valence-corrected chi connectivity index (χ3v) is 2.45. The third kappa shape index (κ3) is 9.81. The van der Waals surface area contributed by atoms with Crippen molar-refractivity contribution in [3.8, 4) is 0 Å². The van der Waals surface area contributed by atoms with Gasteiger partial charge in [0.15, 0.2) is 0 Å². The van der Waals surface area contributed by atoms with Crippen molar-refractivity contribution in [1.29, 1.82) is 0 Å². The molecular formula is C12H25N3O2.